The molecule has 3 rings (SSSR count). The molecule has 0 unspecified atom stereocenters. The molecule has 1 aromatic heterocycles. The van der Waals surface area contributed by atoms with Gasteiger partial charge in [0.15, 0.2) is 0 Å². The van der Waals surface area contributed by atoms with Crippen molar-refractivity contribution < 1.29 is 14.6 Å². The van der Waals surface area contributed by atoms with Gasteiger partial charge in [0.1, 0.15) is 11.1 Å². The van der Waals surface area contributed by atoms with E-state index in [1.54, 1.807) is 11.3 Å². The third kappa shape index (κ3) is 4.95. The van der Waals surface area contributed by atoms with Gasteiger partial charge >= 0.3 is 0 Å². The van der Waals surface area contributed by atoms with Crippen molar-refractivity contribution in [3.63, 3.8) is 0 Å². The van der Waals surface area contributed by atoms with Gasteiger partial charge in [-0.05, 0) is 13.8 Å². The average molecular weight is 341 g/mol. The normalized spacial score (nSPS) is 32.0. The zero-order valence-electron chi connectivity index (χ0n) is 13.9. The summed E-state index contributed by atoms with van der Waals surface area (Å²) in [5.41, 5.74) is 0. The average Bonchev–Trinajstić information content (AvgIpc) is 3.00. The highest BCUT2D eigenvalue weighted by atomic mass is 32.1. The number of β-amino-alcohol motifs (C(OH)–C–C–N with tert-alkyl or cyclic N) is 1. The summed E-state index contributed by atoms with van der Waals surface area (Å²) in [5, 5.41) is 13.5. The van der Waals surface area contributed by atoms with E-state index in [0.717, 1.165) is 31.2 Å². The number of hydrogen-bond donors (Lipinski definition) is 1. The fourth-order valence-electron chi connectivity index (χ4n) is 3.50. The van der Waals surface area contributed by atoms with Gasteiger partial charge in [-0.25, -0.2) is 4.98 Å². The third-order valence-electron chi connectivity index (χ3n) is 4.31. The second-order valence-electron chi connectivity index (χ2n) is 6.62. The van der Waals surface area contributed by atoms with Crippen LogP contribution in [0.5, 0.6) is 0 Å². The summed E-state index contributed by atoms with van der Waals surface area (Å²) in [6.45, 7) is 9.74. The van der Waals surface area contributed by atoms with Crippen LogP contribution in [0.25, 0.3) is 0 Å². The number of morpholine rings is 2. The van der Waals surface area contributed by atoms with Crippen molar-refractivity contribution in [2.75, 3.05) is 45.9 Å². The molecule has 0 spiro atoms. The molecule has 2 fully saturated rings. The lowest BCUT2D eigenvalue weighted by Crippen LogP contribution is -2.50. The quantitative estimate of drug-likeness (QED) is 0.862. The molecule has 0 bridgehead atoms. The summed E-state index contributed by atoms with van der Waals surface area (Å²) in [6.07, 6.45) is 1.99. The fraction of sp³-hybridized carbons (Fsp3) is 0.812. The zero-order valence-corrected chi connectivity index (χ0v) is 14.7. The van der Waals surface area contributed by atoms with Crippen LogP contribution >= 0.6 is 11.3 Å². The molecule has 130 valence electrons. The van der Waals surface area contributed by atoms with Gasteiger partial charge < -0.3 is 14.6 Å². The summed E-state index contributed by atoms with van der Waals surface area (Å²) >= 11 is 1.63. The second-order valence-corrected chi connectivity index (χ2v) is 7.55. The first-order chi connectivity index (χ1) is 11.1. The lowest BCUT2D eigenvalue weighted by atomic mass is 10.2. The van der Waals surface area contributed by atoms with Crippen molar-refractivity contribution in [1.82, 2.24) is 14.8 Å². The number of aromatic nitrogens is 1. The molecule has 2 saturated heterocycles. The molecule has 6 nitrogen and oxygen atoms in total. The van der Waals surface area contributed by atoms with E-state index >= 15 is 0 Å². The number of thiazole rings is 1. The van der Waals surface area contributed by atoms with Crippen LogP contribution in [0.3, 0.4) is 0 Å². The van der Waals surface area contributed by atoms with Gasteiger partial charge in [0.25, 0.3) is 0 Å². The molecular formula is C16H27N3O3S. The van der Waals surface area contributed by atoms with Crippen LogP contribution in [0.2, 0.25) is 0 Å². The maximum Gasteiger partial charge on any atom is 0.123 e. The van der Waals surface area contributed by atoms with Crippen molar-refractivity contribution in [1.29, 1.82) is 0 Å². The first-order valence-electron chi connectivity index (χ1n) is 8.39. The molecular weight excluding hydrogens is 314 g/mol. The number of rotatable bonds is 5. The molecule has 0 saturated carbocycles. The second kappa shape index (κ2) is 8.00. The Morgan fingerprint density at radius 3 is 2.70 bits per heavy atom. The molecule has 1 aromatic rings. The molecule has 1 N–H and O–H groups in total. The first-order valence-corrected chi connectivity index (χ1v) is 9.27. The minimum atomic E-state index is -0.345. The Morgan fingerprint density at radius 2 is 2.00 bits per heavy atom. The predicted molar refractivity (Wildman–Crippen MR) is 89.7 cm³/mol. The van der Waals surface area contributed by atoms with Crippen LogP contribution in [-0.4, -0.2) is 84.1 Å². The molecule has 2 aliphatic rings. The van der Waals surface area contributed by atoms with E-state index in [-0.39, 0.29) is 24.4 Å². The zero-order chi connectivity index (χ0) is 16.2. The van der Waals surface area contributed by atoms with Crippen LogP contribution in [-0.2, 0) is 9.47 Å². The molecule has 3 heterocycles. The van der Waals surface area contributed by atoms with Crippen LogP contribution in [0.1, 0.15) is 25.0 Å². The predicted octanol–water partition coefficient (Wildman–Crippen LogP) is 0.987. The van der Waals surface area contributed by atoms with Crippen molar-refractivity contribution in [3.8, 4) is 0 Å². The van der Waals surface area contributed by atoms with E-state index in [2.05, 4.69) is 28.6 Å². The van der Waals surface area contributed by atoms with Gasteiger partial charge in [-0.1, -0.05) is 0 Å². The largest absolute Gasteiger partial charge is 0.390 e. The van der Waals surface area contributed by atoms with Gasteiger partial charge in [0.05, 0.1) is 24.9 Å². The summed E-state index contributed by atoms with van der Waals surface area (Å²) < 4.78 is 11.6. The lowest BCUT2D eigenvalue weighted by Gasteiger charge is -2.38. The van der Waals surface area contributed by atoms with Gasteiger partial charge in [-0.3, -0.25) is 9.80 Å². The number of ether oxygens (including phenoxy) is 2. The molecule has 2 aliphatic heterocycles. The van der Waals surface area contributed by atoms with E-state index in [4.69, 9.17) is 9.47 Å². The van der Waals surface area contributed by atoms with E-state index in [0.29, 0.717) is 19.7 Å². The van der Waals surface area contributed by atoms with E-state index in [1.807, 2.05) is 11.6 Å². The summed E-state index contributed by atoms with van der Waals surface area (Å²) in [5.74, 6) is 0. The Bertz CT molecular complexity index is 463. The van der Waals surface area contributed by atoms with Gasteiger partial charge in [0, 0.05) is 50.8 Å². The molecule has 7 heteroatoms. The highest BCUT2D eigenvalue weighted by Gasteiger charge is 2.27. The Kier molecular flexibility index (Phi) is 6.01. The fourth-order valence-corrected chi connectivity index (χ4v) is 4.18. The van der Waals surface area contributed by atoms with Crippen LogP contribution < -0.4 is 0 Å². The molecule has 4 atom stereocenters. The highest BCUT2D eigenvalue weighted by molar-refractivity contribution is 7.09. The van der Waals surface area contributed by atoms with Crippen LogP contribution in [0, 0.1) is 0 Å². The van der Waals surface area contributed by atoms with Gasteiger partial charge in [-0.15, -0.1) is 11.3 Å². The van der Waals surface area contributed by atoms with Crippen LogP contribution in [0.4, 0.5) is 0 Å². The molecule has 0 aliphatic carbocycles. The minimum Gasteiger partial charge on any atom is -0.390 e. The van der Waals surface area contributed by atoms with Gasteiger partial charge in [-0.2, -0.15) is 0 Å². The number of nitrogens with zero attached hydrogens (tertiary/aromatic N) is 3. The summed E-state index contributed by atoms with van der Waals surface area (Å²) in [4.78, 5) is 8.94. The van der Waals surface area contributed by atoms with Crippen molar-refractivity contribution >= 4 is 11.3 Å². The third-order valence-corrected chi connectivity index (χ3v) is 5.18. The Balaban J connectivity index is 1.46. The Morgan fingerprint density at radius 1 is 1.26 bits per heavy atom. The number of aliphatic hydroxyl groups is 1. The smallest absolute Gasteiger partial charge is 0.123 e. The number of hydrogen-bond acceptors (Lipinski definition) is 7. The summed E-state index contributed by atoms with van der Waals surface area (Å²) in [6, 6.07) is 0. The lowest BCUT2D eigenvalue weighted by molar-refractivity contribution is -0.0825. The van der Waals surface area contributed by atoms with Gasteiger partial charge in [0.2, 0.25) is 0 Å². The van der Waals surface area contributed by atoms with E-state index in [9.17, 15) is 5.11 Å². The SMILES string of the molecule is C[C@@H]1CN(C[C@H](O)CN2CCO[C@@H](c3nccs3)C2)C[C@@H](C)O1. The molecule has 0 radical (unpaired) electrons. The van der Waals surface area contributed by atoms with Crippen molar-refractivity contribution in [2.45, 2.75) is 38.3 Å². The Labute approximate surface area is 142 Å². The maximum absolute atomic E-state index is 10.5. The minimum absolute atomic E-state index is 0.0411. The van der Waals surface area contributed by atoms with E-state index < -0.39 is 0 Å². The standard InChI is InChI=1S/C16H27N3O3S/c1-12-7-19(8-13(2)22-12)10-14(20)9-18-4-5-21-15(11-18)16-17-3-6-23-16/h3,6,12-15,20H,4-5,7-11H2,1-2H3/t12-,13-,14-,15-/m1/s1. The highest BCUT2D eigenvalue weighted by Crippen LogP contribution is 2.24. The first kappa shape index (κ1) is 17.3. The monoisotopic (exact) mass is 341 g/mol. The maximum atomic E-state index is 10.5. The topological polar surface area (TPSA) is 58.1 Å². The van der Waals surface area contributed by atoms with E-state index in [1.165, 1.54) is 0 Å². The van der Waals surface area contributed by atoms with Crippen molar-refractivity contribution in [2.24, 2.45) is 0 Å². The van der Waals surface area contributed by atoms with Crippen molar-refractivity contribution in [3.05, 3.63) is 16.6 Å². The molecule has 0 aromatic carbocycles. The van der Waals surface area contributed by atoms with Crippen LogP contribution in [0.15, 0.2) is 11.6 Å². The number of aliphatic hydroxyl groups excluding tert-OH is 1. The molecule has 23 heavy (non-hydrogen) atoms. The Hall–Kier alpha value is -0.570. The molecule has 0 amide bonds. The summed E-state index contributed by atoms with van der Waals surface area (Å²) in [7, 11) is 0.